The number of para-hydroxylation sites is 2. The Hall–Kier alpha value is -2.08. The molecular formula is C21H26Cl2N4O. The standard InChI is InChI=1S/C21H24N4O.2ClH/c22-12-16-4-3-5-18(16)21(26)24-17-10-8-15(9-11-17)13-25-14-23-19-6-1-2-7-20(19)25;;/h1-2,6-11,14,16,18H,3-5,12-13,22H2,(H,24,26);2*1H/t16-,18-;;/m1../s1. The van der Waals surface area contributed by atoms with Gasteiger partial charge in [0.05, 0.1) is 17.4 Å². The first kappa shape index (κ1) is 22.2. The van der Waals surface area contributed by atoms with Gasteiger partial charge >= 0.3 is 0 Å². The Kier molecular flexibility index (Phi) is 7.87. The van der Waals surface area contributed by atoms with Crippen molar-refractivity contribution in [1.82, 2.24) is 9.55 Å². The van der Waals surface area contributed by atoms with Gasteiger partial charge in [-0.15, -0.1) is 24.8 Å². The van der Waals surface area contributed by atoms with E-state index in [9.17, 15) is 4.79 Å². The van der Waals surface area contributed by atoms with Crippen LogP contribution >= 0.6 is 24.8 Å². The summed E-state index contributed by atoms with van der Waals surface area (Å²) < 4.78 is 2.13. The molecule has 1 aliphatic carbocycles. The van der Waals surface area contributed by atoms with Crippen LogP contribution < -0.4 is 11.1 Å². The lowest BCUT2D eigenvalue weighted by Crippen LogP contribution is -2.29. The molecule has 1 heterocycles. The number of amides is 1. The van der Waals surface area contributed by atoms with Gasteiger partial charge in [-0.3, -0.25) is 4.79 Å². The molecule has 5 nitrogen and oxygen atoms in total. The molecule has 28 heavy (non-hydrogen) atoms. The van der Waals surface area contributed by atoms with Crippen LogP contribution in [0.25, 0.3) is 11.0 Å². The minimum atomic E-state index is 0. The van der Waals surface area contributed by atoms with Crippen molar-refractivity contribution >= 4 is 47.4 Å². The summed E-state index contributed by atoms with van der Waals surface area (Å²) in [5.41, 5.74) is 9.94. The van der Waals surface area contributed by atoms with Crippen LogP contribution in [0.4, 0.5) is 5.69 Å². The molecule has 0 bridgehead atoms. The molecular weight excluding hydrogens is 395 g/mol. The SMILES string of the molecule is Cl.Cl.NC[C@H]1CCC[C@H]1C(=O)Nc1ccc(Cn2cnc3ccccc32)cc1. The zero-order chi connectivity index (χ0) is 17.9. The number of carbonyl (C=O) groups excluding carboxylic acids is 1. The van der Waals surface area contributed by atoms with Crippen molar-refractivity contribution in [1.29, 1.82) is 0 Å². The minimum absolute atomic E-state index is 0. The molecule has 0 unspecified atom stereocenters. The van der Waals surface area contributed by atoms with Crippen molar-refractivity contribution in [2.75, 3.05) is 11.9 Å². The second-order valence-corrected chi connectivity index (χ2v) is 7.08. The molecule has 7 heteroatoms. The van der Waals surface area contributed by atoms with Crippen LogP contribution in [0.3, 0.4) is 0 Å². The highest BCUT2D eigenvalue weighted by Crippen LogP contribution is 2.31. The maximum atomic E-state index is 12.5. The number of fused-ring (bicyclic) bond motifs is 1. The number of anilines is 1. The number of rotatable bonds is 5. The van der Waals surface area contributed by atoms with E-state index in [0.717, 1.165) is 42.5 Å². The summed E-state index contributed by atoms with van der Waals surface area (Å²) in [5.74, 6) is 0.479. The van der Waals surface area contributed by atoms with Crippen molar-refractivity contribution in [2.45, 2.75) is 25.8 Å². The third-order valence-corrected chi connectivity index (χ3v) is 5.40. The van der Waals surface area contributed by atoms with Gasteiger partial charge in [-0.05, 0) is 55.1 Å². The average Bonchev–Trinajstić information content (AvgIpc) is 3.30. The fourth-order valence-electron chi connectivity index (χ4n) is 3.93. The number of imidazole rings is 1. The van der Waals surface area contributed by atoms with E-state index in [0.29, 0.717) is 12.5 Å². The molecule has 1 fully saturated rings. The summed E-state index contributed by atoms with van der Waals surface area (Å²) >= 11 is 0. The lowest BCUT2D eigenvalue weighted by atomic mass is 9.95. The van der Waals surface area contributed by atoms with Crippen molar-refractivity contribution in [3.05, 3.63) is 60.4 Å². The number of nitrogens with one attached hydrogen (secondary N) is 1. The van der Waals surface area contributed by atoms with E-state index in [-0.39, 0.29) is 36.6 Å². The number of halogens is 2. The number of aromatic nitrogens is 2. The molecule has 1 saturated carbocycles. The van der Waals surface area contributed by atoms with Crippen molar-refractivity contribution in [2.24, 2.45) is 17.6 Å². The Morgan fingerprint density at radius 2 is 1.86 bits per heavy atom. The van der Waals surface area contributed by atoms with Crippen molar-refractivity contribution in [3.8, 4) is 0 Å². The maximum Gasteiger partial charge on any atom is 0.227 e. The zero-order valence-corrected chi connectivity index (χ0v) is 17.2. The summed E-state index contributed by atoms with van der Waals surface area (Å²) in [5, 5.41) is 3.05. The first-order valence-electron chi connectivity index (χ1n) is 9.24. The third kappa shape index (κ3) is 4.66. The van der Waals surface area contributed by atoms with Gasteiger partial charge in [0, 0.05) is 18.2 Å². The van der Waals surface area contributed by atoms with Gasteiger partial charge in [0.2, 0.25) is 5.91 Å². The minimum Gasteiger partial charge on any atom is -0.330 e. The van der Waals surface area contributed by atoms with Crippen LogP contribution in [0.1, 0.15) is 24.8 Å². The number of nitrogens with zero attached hydrogens (tertiary/aromatic N) is 2. The second-order valence-electron chi connectivity index (χ2n) is 7.08. The summed E-state index contributed by atoms with van der Waals surface area (Å²) in [6, 6.07) is 16.2. The van der Waals surface area contributed by atoms with Gasteiger partial charge in [0.1, 0.15) is 0 Å². The number of nitrogens with two attached hydrogens (primary N) is 1. The van der Waals surface area contributed by atoms with Gasteiger partial charge in [0.15, 0.2) is 0 Å². The molecule has 2 aromatic carbocycles. The lowest BCUT2D eigenvalue weighted by Gasteiger charge is -2.17. The van der Waals surface area contributed by atoms with E-state index >= 15 is 0 Å². The van der Waals surface area contributed by atoms with Gasteiger partial charge < -0.3 is 15.6 Å². The number of benzene rings is 2. The van der Waals surface area contributed by atoms with Crippen molar-refractivity contribution in [3.63, 3.8) is 0 Å². The quantitative estimate of drug-likeness (QED) is 0.647. The third-order valence-electron chi connectivity index (χ3n) is 5.40. The topological polar surface area (TPSA) is 72.9 Å². The van der Waals surface area contributed by atoms with Crippen LogP contribution in [-0.2, 0) is 11.3 Å². The van der Waals surface area contributed by atoms with Crippen LogP contribution in [0.15, 0.2) is 54.9 Å². The van der Waals surface area contributed by atoms with Crippen LogP contribution in [0, 0.1) is 11.8 Å². The Balaban J connectivity index is 0.00000140. The maximum absolute atomic E-state index is 12.5. The Morgan fingerprint density at radius 3 is 2.61 bits per heavy atom. The summed E-state index contributed by atoms with van der Waals surface area (Å²) in [4.78, 5) is 16.9. The Bertz CT molecular complexity index is 910. The van der Waals surface area contributed by atoms with Crippen LogP contribution in [-0.4, -0.2) is 22.0 Å². The summed E-state index contributed by atoms with van der Waals surface area (Å²) in [6.45, 7) is 1.35. The van der Waals surface area contributed by atoms with E-state index in [2.05, 4.69) is 33.1 Å². The molecule has 1 amide bonds. The average molecular weight is 421 g/mol. The fourth-order valence-corrected chi connectivity index (χ4v) is 3.93. The predicted molar refractivity (Wildman–Crippen MR) is 118 cm³/mol. The smallest absolute Gasteiger partial charge is 0.227 e. The van der Waals surface area contributed by atoms with Crippen molar-refractivity contribution < 1.29 is 4.79 Å². The predicted octanol–water partition coefficient (Wildman–Crippen LogP) is 4.24. The van der Waals surface area contributed by atoms with E-state index in [1.807, 2.05) is 36.7 Å². The van der Waals surface area contributed by atoms with Gasteiger partial charge in [-0.1, -0.05) is 30.7 Å². The molecule has 1 aliphatic rings. The van der Waals surface area contributed by atoms with Gasteiger partial charge in [0.25, 0.3) is 0 Å². The van der Waals surface area contributed by atoms with Gasteiger partial charge in [-0.25, -0.2) is 4.98 Å². The molecule has 0 saturated heterocycles. The number of carbonyl (C=O) groups is 1. The largest absolute Gasteiger partial charge is 0.330 e. The van der Waals surface area contributed by atoms with E-state index < -0.39 is 0 Å². The highest BCUT2D eigenvalue weighted by molar-refractivity contribution is 5.93. The zero-order valence-electron chi connectivity index (χ0n) is 15.6. The van der Waals surface area contributed by atoms with Gasteiger partial charge in [-0.2, -0.15) is 0 Å². The van der Waals surface area contributed by atoms with E-state index in [4.69, 9.17) is 5.73 Å². The molecule has 3 aromatic rings. The van der Waals surface area contributed by atoms with E-state index in [1.165, 1.54) is 5.56 Å². The molecule has 4 rings (SSSR count). The fraction of sp³-hybridized carbons (Fsp3) is 0.333. The summed E-state index contributed by atoms with van der Waals surface area (Å²) in [6.07, 6.45) is 4.97. The van der Waals surface area contributed by atoms with Crippen LogP contribution in [0.2, 0.25) is 0 Å². The molecule has 2 atom stereocenters. The molecule has 0 aliphatic heterocycles. The molecule has 0 radical (unpaired) electrons. The molecule has 3 N–H and O–H groups in total. The normalized spacial score (nSPS) is 18.3. The van der Waals surface area contributed by atoms with Crippen LogP contribution in [0.5, 0.6) is 0 Å². The first-order chi connectivity index (χ1) is 12.7. The Labute approximate surface area is 177 Å². The monoisotopic (exact) mass is 420 g/mol. The number of hydrogen-bond acceptors (Lipinski definition) is 3. The lowest BCUT2D eigenvalue weighted by molar-refractivity contribution is -0.120. The second kappa shape index (κ2) is 9.92. The molecule has 0 spiro atoms. The molecule has 1 aromatic heterocycles. The number of hydrogen-bond donors (Lipinski definition) is 2. The highest BCUT2D eigenvalue weighted by atomic mass is 35.5. The Morgan fingerprint density at radius 1 is 1.11 bits per heavy atom. The highest BCUT2D eigenvalue weighted by Gasteiger charge is 2.31. The summed E-state index contributed by atoms with van der Waals surface area (Å²) in [7, 11) is 0. The molecule has 150 valence electrons. The van der Waals surface area contributed by atoms with E-state index in [1.54, 1.807) is 0 Å². The first-order valence-corrected chi connectivity index (χ1v) is 9.24.